The zero-order chi connectivity index (χ0) is 13.8. The standard InChI is InChI=1S/C13H18N2O4/c1-9(15-6-2-5-11(15)13(17)18)12(16)14-8-10-4-3-7-19-10/h3-4,7,9,11H,2,5-6,8H2,1H3,(H,14,16)(H,17,18). The molecule has 2 rings (SSSR count). The number of carboxylic acid groups (broad SMARTS) is 1. The van der Waals surface area contributed by atoms with Gasteiger partial charge < -0.3 is 14.8 Å². The van der Waals surface area contributed by atoms with Gasteiger partial charge in [-0.2, -0.15) is 0 Å². The summed E-state index contributed by atoms with van der Waals surface area (Å²) in [6.45, 7) is 2.70. The smallest absolute Gasteiger partial charge is 0.320 e. The van der Waals surface area contributed by atoms with Crippen LogP contribution in [0.1, 0.15) is 25.5 Å². The van der Waals surface area contributed by atoms with Gasteiger partial charge in [0.05, 0.1) is 18.8 Å². The van der Waals surface area contributed by atoms with Crippen molar-refractivity contribution < 1.29 is 19.1 Å². The molecular weight excluding hydrogens is 248 g/mol. The summed E-state index contributed by atoms with van der Waals surface area (Å²) in [7, 11) is 0. The topological polar surface area (TPSA) is 82.8 Å². The van der Waals surface area contributed by atoms with Crippen molar-refractivity contribution in [3.63, 3.8) is 0 Å². The molecule has 0 radical (unpaired) electrons. The van der Waals surface area contributed by atoms with Crippen LogP contribution in [0.4, 0.5) is 0 Å². The van der Waals surface area contributed by atoms with Crippen molar-refractivity contribution in [1.82, 2.24) is 10.2 Å². The average molecular weight is 266 g/mol. The van der Waals surface area contributed by atoms with Gasteiger partial charge in [-0.3, -0.25) is 14.5 Å². The van der Waals surface area contributed by atoms with E-state index in [4.69, 9.17) is 9.52 Å². The fourth-order valence-corrected chi connectivity index (χ4v) is 2.40. The van der Waals surface area contributed by atoms with Crippen molar-refractivity contribution >= 4 is 11.9 Å². The van der Waals surface area contributed by atoms with Gasteiger partial charge in [-0.05, 0) is 38.4 Å². The van der Waals surface area contributed by atoms with Gasteiger partial charge in [0, 0.05) is 0 Å². The van der Waals surface area contributed by atoms with Gasteiger partial charge in [0.15, 0.2) is 0 Å². The maximum absolute atomic E-state index is 12.0. The van der Waals surface area contributed by atoms with Crippen molar-refractivity contribution in [3.8, 4) is 0 Å². The average Bonchev–Trinajstić information content (AvgIpc) is 3.05. The van der Waals surface area contributed by atoms with Crippen molar-refractivity contribution in [2.75, 3.05) is 6.54 Å². The summed E-state index contributed by atoms with van der Waals surface area (Å²) in [4.78, 5) is 24.8. The highest BCUT2D eigenvalue weighted by molar-refractivity contribution is 5.82. The maximum atomic E-state index is 12.0. The third-order valence-electron chi connectivity index (χ3n) is 3.47. The predicted molar refractivity (Wildman–Crippen MR) is 67.4 cm³/mol. The van der Waals surface area contributed by atoms with E-state index in [1.54, 1.807) is 30.2 Å². The second-order valence-corrected chi connectivity index (χ2v) is 4.71. The Morgan fingerprint density at radius 1 is 1.63 bits per heavy atom. The number of nitrogens with zero attached hydrogens (tertiary/aromatic N) is 1. The molecule has 1 aromatic rings. The molecule has 1 amide bonds. The molecule has 0 saturated carbocycles. The molecule has 1 saturated heterocycles. The Morgan fingerprint density at radius 3 is 3.05 bits per heavy atom. The first-order valence-corrected chi connectivity index (χ1v) is 6.38. The van der Waals surface area contributed by atoms with Gasteiger partial charge in [0.1, 0.15) is 11.8 Å². The lowest BCUT2D eigenvalue weighted by Gasteiger charge is -2.27. The molecule has 0 aromatic carbocycles. The molecule has 6 heteroatoms. The highest BCUT2D eigenvalue weighted by Gasteiger charge is 2.36. The molecule has 2 N–H and O–H groups in total. The van der Waals surface area contributed by atoms with Gasteiger partial charge in [-0.1, -0.05) is 0 Å². The Bertz CT molecular complexity index is 444. The Kier molecular flexibility index (Phi) is 4.21. The fraction of sp³-hybridized carbons (Fsp3) is 0.538. The van der Waals surface area contributed by atoms with Crippen LogP contribution in [0, 0.1) is 0 Å². The summed E-state index contributed by atoms with van der Waals surface area (Å²) in [5.41, 5.74) is 0. The van der Waals surface area contributed by atoms with Crippen molar-refractivity contribution in [1.29, 1.82) is 0 Å². The van der Waals surface area contributed by atoms with Crippen molar-refractivity contribution in [2.24, 2.45) is 0 Å². The normalized spacial score (nSPS) is 21.2. The number of aliphatic carboxylic acids is 1. The number of hydrogen-bond acceptors (Lipinski definition) is 4. The number of hydrogen-bond donors (Lipinski definition) is 2. The quantitative estimate of drug-likeness (QED) is 0.825. The minimum absolute atomic E-state index is 0.176. The first kappa shape index (κ1) is 13.6. The van der Waals surface area contributed by atoms with E-state index >= 15 is 0 Å². The fourth-order valence-electron chi connectivity index (χ4n) is 2.40. The minimum atomic E-state index is -0.858. The summed E-state index contributed by atoms with van der Waals surface area (Å²) < 4.78 is 5.13. The molecule has 19 heavy (non-hydrogen) atoms. The molecule has 2 unspecified atom stereocenters. The Balaban J connectivity index is 1.89. The number of likely N-dealkylation sites (tertiary alicyclic amines) is 1. The molecule has 1 aliphatic heterocycles. The first-order valence-electron chi connectivity index (χ1n) is 6.38. The highest BCUT2D eigenvalue weighted by Crippen LogP contribution is 2.20. The lowest BCUT2D eigenvalue weighted by molar-refractivity contribution is -0.143. The molecule has 0 bridgehead atoms. The summed E-state index contributed by atoms with van der Waals surface area (Å²) in [6, 6.07) is 2.54. The van der Waals surface area contributed by atoms with Crippen LogP contribution in [-0.4, -0.2) is 40.5 Å². The van der Waals surface area contributed by atoms with Gasteiger partial charge in [-0.15, -0.1) is 0 Å². The number of nitrogens with one attached hydrogen (secondary N) is 1. The lowest BCUT2D eigenvalue weighted by Crippen LogP contribution is -2.49. The van der Waals surface area contributed by atoms with Gasteiger partial charge in [0.25, 0.3) is 0 Å². The van der Waals surface area contributed by atoms with Crippen LogP contribution in [0.25, 0.3) is 0 Å². The zero-order valence-electron chi connectivity index (χ0n) is 10.8. The summed E-state index contributed by atoms with van der Waals surface area (Å²) in [6.07, 6.45) is 2.96. The number of amides is 1. The van der Waals surface area contributed by atoms with E-state index in [0.29, 0.717) is 25.3 Å². The Morgan fingerprint density at radius 2 is 2.42 bits per heavy atom. The van der Waals surface area contributed by atoms with E-state index in [2.05, 4.69) is 5.32 Å². The van der Waals surface area contributed by atoms with Crippen LogP contribution in [0.2, 0.25) is 0 Å². The summed E-state index contributed by atoms with van der Waals surface area (Å²) in [5, 5.41) is 11.9. The second-order valence-electron chi connectivity index (χ2n) is 4.71. The van der Waals surface area contributed by atoms with Crippen LogP contribution >= 0.6 is 0 Å². The van der Waals surface area contributed by atoms with E-state index in [1.807, 2.05) is 0 Å². The van der Waals surface area contributed by atoms with E-state index in [0.717, 1.165) is 6.42 Å². The second kappa shape index (κ2) is 5.88. The number of rotatable bonds is 5. The third-order valence-corrected chi connectivity index (χ3v) is 3.47. The lowest BCUT2D eigenvalue weighted by atomic mass is 10.2. The molecule has 104 valence electrons. The Labute approximate surface area is 111 Å². The van der Waals surface area contributed by atoms with Gasteiger partial charge in [-0.25, -0.2) is 0 Å². The Hall–Kier alpha value is -1.82. The third kappa shape index (κ3) is 3.14. The number of furan rings is 1. The van der Waals surface area contributed by atoms with Gasteiger partial charge in [0.2, 0.25) is 5.91 Å². The molecule has 0 aliphatic carbocycles. The van der Waals surface area contributed by atoms with Crippen molar-refractivity contribution in [2.45, 2.75) is 38.4 Å². The van der Waals surface area contributed by atoms with Crippen LogP contribution in [0.3, 0.4) is 0 Å². The predicted octanol–water partition coefficient (Wildman–Crippen LogP) is 0.833. The van der Waals surface area contributed by atoms with Crippen LogP contribution < -0.4 is 5.32 Å². The molecule has 2 heterocycles. The number of carbonyl (C=O) groups is 2. The number of carboxylic acids is 1. The molecular formula is C13H18N2O4. The van der Waals surface area contributed by atoms with E-state index in [9.17, 15) is 9.59 Å². The monoisotopic (exact) mass is 266 g/mol. The SMILES string of the molecule is CC(C(=O)NCc1ccco1)N1CCCC1C(=O)O. The van der Waals surface area contributed by atoms with Crippen LogP contribution in [0.5, 0.6) is 0 Å². The molecule has 6 nitrogen and oxygen atoms in total. The largest absolute Gasteiger partial charge is 0.480 e. The van der Waals surface area contributed by atoms with E-state index in [1.165, 1.54) is 0 Å². The minimum Gasteiger partial charge on any atom is -0.480 e. The number of carbonyl (C=O) groups excluding carboxylic acids is 1. The summed E-state index contributed by atoms with van der Waals surface area (Å²) >= 11 is 0. The molecule has 0 spiro atoms. The van der Waals surface area contributed by atoms with E-state index < -0.39 is 18.1 Å². The maximum Gasteiger partial charge on any atom is 0.320 e. The zero-order valence-corrected chi connectivity index (χ0v) is 10.8. The highest BCUT2D eigenvalue weighted by atomic mass is 16.4. The molecule has 1 aromatic heterocycles. The van der Waals surface area contributed by atoms with Crippen molar-refractivity contribution in [3.05, 3.63) is 24.2 Å². The summed E-state index contributed by atoms with van der Waals surface area (Å²) in [5.74, 6) is -0.357. The van der Waals surface area contributed by atoms with Gasteiger partial charge >= 0.3 is 5.97 Å². The molecule has 1 aliphatic rings. The van der Waals surface area contributed by atoms with Crippen LogP contribution in [0.15, 0.2) is 22.8 Å². The molecule has 2 atom stereocenters. The first-order chi connectivity index (χ1) is 9.09. The van der Waals surface area contributed by atoms with E-state index in [-0.39, 0.29) is 5.91 Å². The van der Waals surface area contributed by atoms with Crippen LogP contribution in [-0.2, 0) is 16.1 Å². The molecule has 1 fully saturated rings.